The lowest BCUT2D eigenvalue weighted by molar-refractivity contribution is 0.166. The van der Waals surface area contributed by atoms with Crippen LogP contribution in [0.15, 0.2) is 9.41 Å². The van der Waals surface area contributed by atoms with Gasteiger partial charge in [-0.15, -0.1) is 0 Å². The van der Waals surface area contributed by atoms with Crippen molar-refractivity contribution in [2.24, 2.45) is 18.0 Å². The molecule has 0 aliphatic carbocycles. The van der Waals surface area contributed by atoms with Crippen LogP contribution in [0.1, 0.15) is 61.0 Å². The van der Waals surface area contributed by atoms with Crippen LogP contribution >= 0.6 is 0 Å². The number of aliphatic imine (C=N–C) groups is 1. The number of likely N-dealkylation sites (tertiary alicyclic amines) is 1. The Bertz CT molecular complexity index is 886. The van der Waals surface area contributed by atoms with Crippen molar-refractivity contribution < 1.29 is 4.42 Å². The van der Waals surface area contributed by atoms with Gasteiger partial charge in [-0.05, 0) is 85.4 Å². The molecule has 1 aliphatic rings. The first kappa shape index (κ1) is 24.3. The van der Waals surface area contributed by atoms with Gasteiger partial charge in [0.1, 0.15) is 5.76 Å². The Balaban J connectivity index is 1.48. The van der Waals surface area contributed by atoms with E-state index in [0.29, 0.717) is 5.92 Å². The molecule has 0 saturated carbocycles. The predicted molar refractivity (Wildman–Crippen MR) is 129 cm³/mol. The molecule has 2 aromatic rings. The van der Waals surface area contributed by atoms with Crippen LogP contribution in [-0.4, -0.2) is 57.8 Å². The summed E-state index contributed by atoms with van der Waals surface area (Å²) in [5, 5.41) is 11.5. The van der Waals surface area contributed by atoms with E-state index in [9.17, 15) is 0 Å². The Kier molecular flexibility index (Phi) is 8.34. The van der Waals surface area contributed by atoms with Crippen molar-refractivity contribution in [2.45, 2.75) is 73.4 Å². The van der Waals surface area contributed by atoms with Crippen LogP contribution < -0.4 is 10.6 Å². The molecule has 1 fully saturated rings. The molecule has 178 valence electrons. The summed E-state index contributed by atoms with van der Waals surface area (Å²) in [6, 6.07) is 0.281. The maximum absolute atomic E-state index is 5.75. The number of oxazole rings is 1. The zero-order chi connectivity index (χ0) is 23.3. The topological polar surface area (TPSA) is 83.5 Å². The van der Waals surface area contributed by atoms with Gasteiger partial charge in [-0.2, -0.15) is 5.10 Å². The highest BCUT2D eigenvalue weighted by atomic mass is 16.4. The first-order chi connectivity index (χ1) is 15.3. The fourth-order valence-corrected chi connectivity index (χ4v) is 4.37. The molecule has 32 heavy (non-hydrogen) atoms. The van der Waals surface area contributed by atoms with Gasteiger partial charge in [0.05, 0.1) is 17.9 Å². The third-order valence-electron chi connectivity index (χ3n) is 6.54. The van der Waals surface area contributed by atoms with Crippen molar-refractivity contribution in [3.63, 3.8) is 0 Å². The Hall–Kier alpha value is -2.35. The lowest BCUT2D eigenvalue weighted by Crippen LogP contribution is -2.43. The molecular formula is C24H41N7O. The van der Waals surface area contributed by atoms with Gasteiger partial charge in [0, 0.05) is 31.9 Å². The smallest absolute Gasteiger partial charge is 0.208 e. The molecule has 0 amide bonds. The molecule has 1 aliphatic heterocycles. The van der Waals surface area contributed by atoms with Gasteiger partial charge < -0.3 is 15.1 Å². The standard InChI is InChI=1S/C24H41N7O/c1-8-25-24(27-16(2)13-22-18(4)29-30(7)19(22)5)26-14-21-9-11-31(12-10-21)15-23-28-17(3)20(6)32-23/h16,21H,8-15H2,1-7H3,(H2,25,26,27). The van der Waals surface area contributed by atoms with E-state index >= 15 is 0 Å². The second-order valence-electron chi connectivity index (χ2n) is 9.21. The number of aromatic nitrogens is 3. The molecule has 3 heterocycles. The number of nitrogens with one attached hydrogen (secondary N) is 2. The van der Waals surface area contributed by atoms with Crippen molar-refractivity contribution in [3.05, 3.63) is 34.3 Å². The molecule has 1 atom stereocenters. The normalized spacial score (nSPS) is 17.0. The zero-order valence-electron chi connectivity index (χ0n) is 21.0. The lowest BCUT2D eigenvalue weighted by Gasteiger charge is -2.30. The van der Waals surface area contributed by atoms with Gasteiger partial charge in [-0.3, -0.25) is 14.6 Å². The number of piperidine rings is 1. The summed E-state index contributed by atoms with van der Waals surface area (Å²) in [6.45, 7) is 17.2. The maximum Gasteiger partial charge on any atom is 0.208 e. The second-order valence-corrected chi connectivity index (χ2v) is 9.21. The monoisotopic (exact) mass is 443 g/mol. The van der Waals surface area contributed by atoms with E-state index in [1.165, 1.54) is 11.3 Å². The van der Waals surface area contributed by atoms with Gasteiger partial charge in [-0.25, -0.2) is 4.98 Å². The highest BCUT2D eigenvalue weighted by molar-refractivity contribution is 5.80. The number of aryl methyl sites for hydroxylation is 4. The minimum absolute atomic E-state index is 0.281. The Morgan fingerprint density at radius 1 is 1.19 bits per heavy atom. The van der Waals surface area contributed by atoms with Crippen molar-refractivity contribution in [1.82, 2.24) is 30.3 Å². The van der Waals surface area contributed by atoms with Crippen LogP contribution in [0.4, 0.5) is 0 Å². The lowest BCUT2D eigenvalue weighted by atomic mass is 9.97. The van der Waals surface area contributed by atoms with E-state index in [-0.39, 0.29) is 6.04 Å². The van der Waals surface area contributed by atoms with Crippen molar-refractivity contribution in [3.8, 4) is 0 Å². The largest absolute Gasteiger partial charge is 0.444 e. The number of nitrogens with zero attached hydrogens (tertiary/aromatic N) is 5. The van der Waals surface area contributed by atoms with Gasteiger partial charge in [0.2, 0.25) is 5.89 Å². The zero-order valence-corrected chi connectivity index (χ0v) is 21.0. The number of hydrogen-bond acceptors (Lipinski definition) is 5. The molecule has 8 nitrogen and oxygen atoms in total. The average molecular weight is 444 g/mol. The van der Waals surface area contributed by atoms with E-state index < -0.39 is 0 Å². The van der Waals surface area contributed by atoms with E-state index in [1.807, 2.05) is 25.6 Å². The fourth-order valence-electron chi connectivity index (χ4n) is 4.37. The van der Waals surface area contributed by atoms with Gasteiger partial charge in [0.25, 0.3) is 0 Å². The number of guanidine groups is 1. The Labute approximate surface area is 192 Å². The quantitative estimate of drug-likeness (QED) is 0.482. The Morgan fingerprint density at radius 2 is 1.91 bits per heavy atom. The Morgan fingerprint density at radius 3 is 2.47 bits per heavy atom. The summed E-state index contributed by atoms with van der Waals surface area (Å²) in [7, 11) is 2.01. The van der Waals surface area contributed by atoms with E-state index in [2.05, 4.69) is 53.3 Å². The molecule has 0 spiro atoms. The van der Waals surface area contributed by atoms with Crippen LogP contribution in [0.5, 0.6) is 0 Å². The molecule has 0 bridgehead atoms. The van der Waals surface area contributed by atoms with Gasteiger partial charge in [-0.1, -0.05) is 0 Å². The molecule has 8 heteroatoms. The molecule has 0 radical (unpaired) electrons. The first-order valence-electron chi connectivity index (χ1n) is 12.0. The van der Waals surface area contributed by atoms with Crippen molar-refractivity contribution in [1.29, 1.82) is 0 Å². The molecule has 3 rings (SSSR count). The SMILES string of the molecule is CCNC(=NCC1CCN(Cc2nc(C)c(C)o2)CC1)NC(C)Cc1c(C)nn(C)c1C. The minimum Gasteiger partial charge on any atom is -0.444 e. The molecule has 1 saturated heterocycles. The first-order valence-corrected chi connectivity index (χ1v) is 12.0. The second kappa shape index (κ2) is 11.0. The molecule has 1 unspecified atom stereocenters. The van der Waals surface area contributed by atoms with E-state index in [0.717, 1.165) is 81.0 Å². The van der Waals surface area contributed by atoms with E-state index in [4.69, 9.17) is 9.41 Å². The molecule has 2 aromatic heterocycles. The maximum atomic E-state index is 5.75. The number of rotatable bonds is 8. The van der Waals surface area contributed by atoms with Crippen LogP contribution in [0.25, 0.3) is 0 Å². The van der Waals surface area contributed by atoms with Gasteiger partial charge >= 0.3 is 0 Å². The minimum atomic E-state index is 0.281. The van der Waals surface area contributed by atoms with Crippen LogP contribution in [-0.2, 0) is 20.0 Å². The van der Waals surface area contributed by atoms with Crippen LogP contribution in [0.2, 0.25) is 0 Å². The van der Waals surface area contributed by atoms with Crippen LogP contribution in [0.3, 0.4) is 0 Å². The summed E-state index contributed by atoms with van der Waals surface area (Å²) in [4.78, 5) is 11.9. The molecule has 0 aromatic carbocycles. The third-order valence-corrected chi connectivity index (χ3v) is 6.54. The highest BCUT2D eigenvalue weighted by Crippen LogP contribution is 2.20. The average Bonchev–Trinajstić information content (AvgIpc) is 3.19. The molecular weight excluding hydrogens is 402 g/mol. The molecule has 2 N–H and O–H groups in total. The summed E-state index contributed by atoms with van der Waals surface area (Å²) < 4.78 is 7.71. The van der Waals surface area contributed by atoms with Gasteiger partial charge in [0.15, 0.2) is 5.96 Å². The van der Waals surface area contributed by atoms with Crippen molar-refractivity contribution in [2.75, 3.05) is 26.2 Å². The summed E-state index contributed by atoms with van der Waals surface area (Å²) in [6.07, 6.45) is 3.25. The summed E-state index contributed by atoms with van der Waals surface area (Å²) >= 11 is 0. The summed E-state index contributed by atoms with van der Waals surface area (Å²) in [5.74, 6) is 3.29. The summed E-state index contributed by atoms with van der Waals surface area (Å²) in [5.41, 5.74) is 4.67. The number of hydrogen-bond donors (Lipinski definition) is 2. The van der Waals surface area contributed by atoms with E-state index in [1.54, 1.807) is 0 Å². The highest BCUT2D eigenvalue weighted by Gasteiger charge is 2.21. The van der Waals surface area contributed by atoms with Crippen molar-refractivity contribution >= 4 is 5.96 Å². The van der Waals surface area contributed by atoms with Crippen LogP contribution in [0, 0.1) is 33.6 Å². The third kappa shape index (κ3) is 6.34. The predicted octanol–water partition coefficient (Wildman–Crippen LogP) is 3.04. The fraction of sp³-hybridized carbons (Fsp3) is 0.708.